The van der Waals surface area contributed by atoms with Gasteiger partial charge in [-0.05, 0) is 147 Å². The minimum atomic E-state index is -1.29. The van der Waals surface area contributed by atoms with Crippen LogP contribution in [0, 0.1) is 68.0 Å². The highest BCUT2D eigenvalue weighted by Gasteiger charge is 2.71. The van der Waals surface area contributed by atoms with Gasteiger partial charge in [0.2, 0.25) is 5.91 Å². The van der Waals surface area contributed by atoms with E-state index in [9.17, 15) is 34.2 Å². The Balaban J connectivity index is 0.965. The minimum absolute atomic E-state index is 0.00153. The van der Waals surface area contributed by atoms with Crippen LogP contribution in [0.15, 0.2) is 35.4 Å². The molecule has 12 heteroatoms. The van der Waals surface area contributed by atoms with Crippen LogP contribution in [-0.2, 0) is 28.7 Å². The number of ketones is 1. The molecular formula is C54H78N2O10. The third-order valence-corrected chi connectivity index (χ3v) is 19.9. The van der Waals surface area contributed by atoms with E-state index in [4.69, 9.17) is 14.2 Å². The van der Waals surface area contributed by atoms with Crippen LogP contribution in [0.5, 0.6) is 5.75 Å². The maximum atomic E-state index is 14.3. The first-order chi connectivity index (χ1) is 30.7. The number of hydrogen-bond donors (Lipinski definition) is 4. The number of carbonyl (C=O) groups is 5. The van der Waals surface area contributed by atoms with Crippen molar-refractivity contribution in [3.8, 4) is 5.75 Å². The third-order valence-electron chi connectivity index (χ3n) is 19.9. The van der Waals surface area contributed by atoms with Crippen LogP contribution in [0.2, 0.25) is 0 Å². The number of benzene rings is 1. The summed E-state index contributed by atoms with van der Waals surface area (Å²) in [6.45, 7) is 24.4. The van der Waals surface area contributed by atoms with Gasteiger partial charge < -0.3 is 35.1 Å². The smallest absolute Gasteiger partial charge is 0.309 e. The average Bonchev–Trinajstić information content (AvgIpc) is 3.86. The van der Waals surface area contributed by atoms with Gasteiger partial charge in [-0.3, -0.25) is 24.0 Å². The number of carboxylic acid groups (broad SMARTS) is 1. The standard InChI is InChI=1S/C54H78N2O10/c1-30(2)42-37(57)27-54(40(58)28-55-47(63)50(7,8)56-44(59)31-12-14-32(15-13-31)65-33-20-25-64-29-33)24-23-52(10)34(43(42)54)16-17-39-51(9)21-19-41(49(5,6)38(51)18-22-53(39,52)11)66-46(62)36-26-35(45(60)61)48(36,3)4/h12-15,30,33-36,38-41,58H,16-29H2,1-11H3,(H,55,63)(H,56,59)(H,60,61)/t33-,34+,35-,36+,38-,39+,40-,41-,51-,52+,53+,54-/m0/s1. The second-order valence-corrected chi connectivity index (χ2v) is 24.6. The molecule has 8 rings (SSSR count). The largest absolute Gasteiger partial charge is 0.488 e. The number of aliphatic hydroxyl groups excluding tert-OH is 1. The number of aliphatic hydroxyl groups is 1. The molecule has 1 aromatic carbocycles. The van der Waals surface area contributed by atoms with Gasteiger partial charge in [0, 0.05) is 35.8 Å². The molecular weight excluding hydrogens is 837 g/mol. The van der Waals surface area contributed by atoms with E-state index in [0.29, 0.717) is 49.2 Å². The predicted octanol–water partition coefficient (Wildman–Crippen LogP) is 8.48. The zero-order valence-electron chi connectivity index (χ0n) is 41.6. The van der Waals surface area contributed by atoms with E-state index in [2.05, 4.69) is 59.1 Å². The van der Waals surface area contributed by atoms with Crippen molar-refractivity contribution in [2.45, 2.75) is 171 Å². The summed E-state index contributed by atoms with van der Waals surface area (Å²) >= 11 is 0. The second-order valence-electron chi connectivity index (χ2n) is 24.6. The monoisotopic (exact) mass is 915 g/mol. The van der Waals surface area contributed by atoms with Crippen LogP contribution >= 0.6 is 0 Å². The van der Waals surface area contributed by atoms with E-state index in [0.717, 1.165) is 62.5 Å². The molecule has 66 heavy (non-hydrogen) atoms. The second kappa shape index (κ2) is 16.7. The summed E-state index contributed by atoms with van der Waals surface area (Å²) in [6.07, 6.45) is 7.29. The quantitative estimate of drug-likeness (QED) is 0.149. The number of allylic oxidation sites excluding steroid dienone is 1. The van der Waals surface area contributed by atoms with Gasteiger partial charge in [-0.2, -0.15) is 0 Å². The molecule has 0 radical (unpaired) electrons. The summed E-state index contributed by atoms with van der Waals surface area (Å²) in [4.78, 5) is 67.0. The summed E-state index contributed by atoms with van der Waals surface area (Å²) in [7, 11) is 0. The summed E-state index contributed by atoms with van der Waals surface area (Å²) in [5, 5.41) is 28.0. The summed E-state index contributed by atoms with van der Waals surface area (Å²) in [5.41, 5.74) is -0.782. The van der Waals surface area contributed by atoms with E-state index in [1.165, 1.54) is 0 Å². The Morgan fingerprint density at radius 2 is 1.55 bits per heavy atom. The number of carbonyl (C=O) groups excluding carboxylic acids is 4. The molecule has 0 bridgehead atoms. The minimum Gasteiger partial charge on any atom is -0.488 e. The lowest BCUT2D eigenvalue weighted by Crippen LogP contribution is -2.66. The van der Waals surface area contributed by atoms with Crippen LogP contribution < -0.4 is 15.4 Å². The molecule has 0 spiro atoms. The van der Waals surface area contributed by atoms with Crippen molar-refractivity contribution in [3.63, 3.8) is 0 Å². The number of nitrogens with one attached hydrogen (secondary N) is 2. The molecule has 364 valence electrons. The van der Waals surface area contributed by atoms with Crippen molar-refractivity contribution in [3.05, 3.63) is 41.0 Å². The highest BCUT2D eigenvalue weighted by Crippen LogP contribution is 2.77. The summed E-state index contributed by atoms with van der Waals surface area (Å²) < 4.78 is 17.8. The topological polar surface area (TPSA) is 178 Å². The first-order valence-electron chi connectivity index (χ1n) is 25.1. The Morgan fingerprint density at radius 3 is 2.17 bits per heavy atom. The Hall–Kier alpha value is -3.77. The fourth-order valence-corrected chi connectivity index (χ4v) is 15.7. The van der Waals surface area contributed by atoms with Crippen LogP contribution in [0.4, 0.5) is 0 Å². The predicted molar refractivity (Wildman–Crippen MR) is 249 cm³/mol. The number of Topliss-reactive ketones (excluding diaryl/α,β-unsaturated/α-hetero) is 1. The first kappa shape index (κ1) is 48.7. The molecule has 12 atom stereocenters. The van der Waals surface area contributed by atoms with Gasteiger partial charge in [-0.25, -0.2) is 0 Å². The SMILES string of the molecule is CC(C)C1=C2[C@H]3CC[C@@H]4[C@@]5(C)CC[C@H](OC(=O)[C@H]6C[C@@H](C(=O)O)C6(C)C)C(C)(C)[C@@H]5CC[C@@]4(C)[C@]3(C)CC[C@@]2([C@@H](O)CNC(=O)C(C)(C)NC(=O)c2ccc(O[C@H]3CCOC3)cc2)CC1=O. The lowest BCUT2D eigenvalue weighted by molar-refractivity contribution is -0.238. The Labute approximate surface area is 392 Å². The Bertz CT molecular complexity index is 2150. The molecule has 1 saturated heterocycles. The fraction of sp³-hybridized carbons (Fsp3) is 0.759. The van der Waals surface area contributed by atoms with Crippen molar-refractivity contribution < 1.29 is 48.4 Å². The molecule has 0 aromatic heterocycles. The van der Waals surface area contributed by atoms with E-state index in [-0.39, 0.29) is 70.4 Å². The number of hydrogen-bond acceptors (Lipinski definition) is 9. The molecule has 1 aliphatic heterocycles. The van der Waals surface area contributed by atoms with Gasteiger partial charge in [0.05, 0.1) is 31.2 Å². The van der Waals surface area contributed by atoms with Crippen LogP contribution in [0.1, 0.15) is 157 Å². The molecule has 0 unspecified atom stereocenters. The molecule has 4 N–H and O–H groups in total. The summed E-state index contributed by atoms with van der Waals surface area (Å²) in [5.74, 6) is -1.29. The van der Waals surface area contributed by atoms with Crippen molar-refractivity contribution in [2.75, 3.05) is 19.8 Å². The van der Waals surface area contributed by atoms with Crippen molar-refractivity contribution in [1.82, 2.24) is 10.6 Å². The van der Waals surface area contributed by atoms with Gasteiger partial charge in [-0.15, -0.1) is 0 Å². The molecule has 5 saturated carbocycles. The van der Waals surface area contributed by atoms with Gasteiger partial charge in [0.1, 0.15) is 23.5 Å². The van der Waals surface area contributed by atoms with E-state index in [1.54, 1.807) is 38.1 Å². The molecule has 6 aliphatic carbocycles. The van der Waals surface area contributed by atoms with Gasteiger partial charge in [0.15, 0.2) is 5.78 Å². The number of ether oxygens (including phenoxy) is 3. The van der Waals surface area contributed by atoms with E-state index < -0.39 is 52.1 Å². The van der Waals surface area contributed by atoms with E-state index >= 15 is 0 Å². The number of fused-ring (bicyclic) bond motifs is 7. The lowest BCUT2D eigenvalue weighted by atomic mass is 9.33. The number of rotatable bonds is 12. The molecule has 2 amide bonds. The average molecular weight is 915 g/mol. The zero-order valence-corrected chi connectivity index (χ0v) is 41.6. The number of esters is 1. The van der Waals surface area contributed by atoms with Crippen molar-refractivity contribution >= 4 is 29.5 Å². The molecule has 6 fully saturated rings. The molecule has 7 aliphatic rings. The lowest BCUT2D eigenvalue weighted by Gasteiger charge is -2.72. The van der Waals surface area contributed by atoms with Crippen molar-refractivity contribution in [1.29, 1.82) is 0 Å². The van der Waals surface area contributed by atoms with Crippen LogP contribution in [0.25, 0.3) is 0 Å². The Morgan fingerprint density at radius 1 is 0.848 bits per heavy atom. The number of carboxylic acids is 1. The molecule has 1 heterocycles. The fourth-order valence-electron chi connectivity index (χ4n) is 15.7. The van der Waals surface area contributed by atoms with Gasteiger partial charge >= 0.3 is 11.9 Å². The molecule has 1 aromatic rings. The van der Waals surface area contributed by atoms with Crippen LogP contribution in [0.3, 0.4) is 0 Å². The maximum absolute atomic E-state index is 14.3. The molecule has 12 nitrogen and oxygen atoms in total. The maximum Gasteiger partial charge on any atom is 0.309 e. The highest BCUT2D eigenvalue weighted by molar-refractivity contribution is 6.01. The summed E-state index contributed by atoms with van der Waals surface area (Å²) in [6, 6.07) is 6.84. The van der Waals surface area contributed by atoms with Crippen LogP contribution in [-0.4, -0.2) is 83.4 Å². The number of amides is 2. The normalized spacial score (nSPS) is 38.2. The Kier molecular flexibility index (Phi) is 12.3. The van der Waals surface area contributed by atoms with Gasteiger partial charge in [0.25, 0.3) is 5.91 Å². The third kappa shape index (κ3) is 7.56. The van der Waals surface area contributed by atoms with Crippen molar-refractivity contribution in [2.24, 2.45) is 68.0 Å². The zero-order chi connectivity index (χ0) is 48.2. The van der Waals surface area contributed by atoms with E-state index in [1.807, 2.05) is 13.8 Å². The first-order valence-corrected chi connectivity index (χ1v) is 25.1. The van der Waals surface area contributed by atoms with Gasteiger partial charge in [-0.1, -0.05) is 67.9 Å². The number of aliphatic carboxylic acids is 1. The highest BCUT2D eigenvalue weighted by atomic mass is 16.6.